The van der Waals surface area contributed by atoms with E-state index in [1.807, 2.05) is 32.0 Å². The fourth-order valence-electron chi connectivity index (χ4n) is 1.86. The third-order valence-electron chi connectivity index (χ3n) is 3.42. The van der Waals surface area contributed by atoms with Gasteiger partial charge in [0.2, 0.25) is 5.91 Å². The maximum Gasteiger partial charge on any atom is 0.305 e. The van der Waals surface area contributed by atoms with E-state index in [9.17, 15) is 9.59 Å². The predicted molar refractivity (Wildman–Crippen MR) is 78.7 cm³/mol. The van der Waals surface area contributed by atoms with Gasteiger partial charge in [-0.1, -0.05) is 25.1 Å². The average Bonchev–Trinajstić information content (AvgIpc) is 2.40. The SMILES string of the molecule is CCC(C)(N)C(=O)N(CCC(=O)O)c1ccccc1C. The highest BCUT2D eigenvalue weighted by Gasteiger charge is 2.32. The Labute approximate surface area is 119 Å². The molecule has 1 rings (SSSR count). The van der Waals surface area contributed by atoms with Crippen LogP contribution in [0.5, 0.6) is 0 Å². The van der Waals surface area contributed by atoms with E-state index in [1.54, 1.807) is 13.0 Å². The molecule has 0 fully saturated rings. The lowest BCUT2D eigenvalue weighted by Crippen LogP contribution is -2.53. The van der Waals surface area contributed by atoms with Crippen molar-refractivity contribution in [2.75, 3.05) is 11.4 Å². The van der Waals surface area contributed by atoms with Crippen molar-refractivity contribution in [2.45, 2.75) is 39.2 Å². The third kappa shape index (κ3) is 3.81. The summed E-state index contributed by atoms with van der Waals surface area (Å²) < 4.78 is 0. The number of hydrogen-bond acceptors (Lipinski definition) is 3. The molecule has 5 heteroatoms. The van der Waals surface area contributed by atoms with Gasteiger partial charge in [-0.15, -0.1) is 0 Å². The van der Waals surface area contributed by atoms with E-state index in [0.29, 0.717) is 12.1 Å². The summed E-state index contributed by atoms with van der Waals surface area (Å²) in [6.07, 6.45) is 0.376. The highest BCUT2D eigenvalue weighted by atomic mass is 16.4. The second-order valence-corrected chi connectivity index (χ2v) is 5.16. The molecule has 3 N–H and O–H groups in total. The van der Waals surface area contributed by atoms with Gasteiger partial charge in [0, 0.05) is 12.2 Å². The summed E-state index contributed by atoms with van der Waals surface area (Å²) in [5, 5.41) is 8.85. The number of rotatable bonds is 6. The number of anilines is 1. The molecular weight excluding hydrogens is 256 g/mol. The molecule has 0 saturated heterocycles. The number of amides is 1. The van der Waals surface area contributed by atoms with E-state index in [-0.39, 0.29) is 18.9 Å². The number of hydrogen-bond donors (Lipinski definition) is 2. The maximum atomic E-state index is 12.6. The van der Waals surface area contributed by atoms with E-state index >= 15 is 0 Å². The minimum Gasteiger partial charge on any atom is -0.481 e. The molecule has 0 bridgehead atoms. The van der Waals surface area contributed by atoms with Gasteiger partial charge in [-0.2, -0.15) is 0 Å². The molecule has 20 heavy (non-hydrogen) atoms. The van der Waals surface area contributed by atoms with Gasteiger partial charge in [0.15, 0.2) is 0 Å². The molecule has 0 aliphatic heterocycles. The molecule has 1 amide bonds. The zero-order chi connectivity index (χ0) is 15.3. The summed E-state index contributed by atoms with van der Waals surface area (Å²) in [7, 11) is 0. The van der Waals surface area contributed by atoms with E-state index in [1.165, 1.54) is 4.90 Å². The maximum absolute atomic E-state index is 12.6. The van der Waals surface area contributed by atoms with Gasteiger partial charge in [-0.25, -0.2) is 0 Å². The molecule has 1 aromatic carbocycles. The Balaban J connectivity index is 3.12. The van der Waals surface area contributed by atoms with E-state index in [4.69, 9.17) is 10.8 Å². The molecule has 0 radical (unpaired) electrons. The van der Waals surface area contributed by atoms with Crippen molar-refractivity contribution in [3.63, 3.8) is 0 Å². The first kappa shape index (κ1) is 16.2. The Morgan fingerprint density at radius 1 is 1.35 bits per heavy atom. The Morgan fingerprint density at radius 2 is 1.95 bits per heavy atom. The number of para-hydroxylation sites is 1. The Morgan fingerprint density at radius 3 is 2.45 bits per heavy atom. The largest absolute Gasteiger partial charge is 0.481 e. The number of aryl methyl sites for hydroxylation is 1. The lowest BCUT2D eigenvalue weighted by Gasteiger charge is -2.31. The smallest absolute Gasteiger partial charge is 0.305 e. The van der Waals surface area contributed by atoms with Crippen LogP contribution in [0.1, 0.15) is 32.3 Å². The summed E-state index contributed by atoms with van der Waals surface area (Å²) in [6, 6.07) is 7.39. The molecule has 0 aliphatic rings. The first-order chi connectivity index (χ1) is 9.29. The van der Waals surface area contributed by atoms with Gasteiger partial charge in [-0.3, -0.25) is 9.59 Å². The summed E-state index contributed by atoms with van der Waals surface area (Å²) in [4.78, 5) is 24.8. The molecule has 1 unspecified atom stereocenters. The standard InChI is InChI=1S/C15H22N2O3/c1-4-15(3,16)14(20)17(10-9-13(18)19)12-8-6-5-7-11(12)2/h5-8H,4,9-10,16H2,1-3H3,(H,18,19). The summed E-state index contributed by atoms with van der Waals surface area (Å²) >= 11 is 0. The molecule has 0 spiro atoms. The topological polar surface area (TPSA) is 83.6 Å². The van der Waals surface area contributed by atoms with Gasteiger partial charge in [0.25, 0.3) is 0 Å². The van der Waals surface area contributed by atoms with Crippen molar-refractivity contribution < 1.29 is 14.7 Å². The highest BCUT2D eigenvalue weighted by Crippen LogP contribution is 2.23. The number of nitrogens with zero attached hydrogens (tertiary/aromatic N) is 1. The fourth-order valence-corrected chi connectivity index (χ4v) is 1.86. The summed E-state index contributed by atoms with van der Waals surface area (Å²) in [5.74, 6) is -1.19. The first-order valence-electron chi connectivity index (χ1n) is 6.68. The van der Waals surface area contributed by atoms with Gasteiger partial charge >= 0.3 is 5.97 Å². The number of carbonyl (C=O) groups excluding carboxylic acids is 1. The van der Waals surface area contributed by atoms with Gasteiger partial charge in [0.1, 0.15) is 0 Å². The number of nitrogens with two attached hydrogens (primary N) is 1. The molecule has 0 aromatic heterocycles. The van der Waals surface area contributed by atoms with Crippen LogP contribution in [-0.4, -0.2) is 29.1 Å². The Bertz CT molecular complexity index is 498. The molecular formula is C15H22N2O3. The number of benzene rings is 1. The highest BCUT2D eigenvalue weighted by molar-refractivity contribution is 6.00. The normalized spacial score (nSPS) is 13.6. The number of carboxylic acid groups (broad SMARTS) is 1. The molecule has 1 atom stereocenters. The van der Waals surface area contributed by atoms with Crippen molar-refractivity contribution in [1.29, 1.82) is 0 Å². The minimum atomic E-state index is -0.999. The quantitative estimate of drug-likeness (QED) is 0.832. The van der Waals surface area contributed by atoms with Crippen LogP contribution >= 0.6 is 0 Å². The fraction of sp³-hybridized carbons (Fsp3) is 0.467. The van der Waals surface area contributed by atoms with Crippen LogP contribution in [0.4, 0.5) is 5.69 Å². The Kier molecular flexibility index (Phi) is 5.27. The predicted octanol–water partition coefficient (Wildman–Crippen LogP) is 1.93. The second kappa shape index (κ2) is 6.52. The van der Waals surface area contributed by atoms with E-state index in [2.05, 4.69) is 0 Å². The van der Waals surface area contributed by atoms with Crippen molar-refractivity contribution in [3.8, 4) is 0 Å². The number of aliphatic carboxylic acids is 1. The number of carboxylic acids is 1. The van der Waals surface area contributed by atoms with Crippen molar-refractivity contribution in [2.24, 2.45) is 5.73 Å². The van der Waals surface area contributed by atoms with E-state index < -0.39 is 11.5 Å². The monoisotopic (exact) mass is 278 g/mol. The molecule has 110 valence electrons. The molecule has 5 nitrogen and oxygen atoms in total. The minimum absolute atomic E-state index is 0.111. The van der Waals surface area contributed by atoms with Crippen LogP contribution in [0, 0.1) is 6.92 Å². The summed E-state index contributed by atoms with van der Waals surface area (Å²) in [5.41, 5.74) is 6.64. The van der Waals surface area contributed by atoms with Crippen molar-refractivity contribution in [3.05, 3.63) is 29.8 Å². The first-order valence-corrected chi connectivity index (χ1v) is 6.68. The van der Waals surface area contributed by atoms with Crippen LogP contribution in [0.3, 0.4) is 0 Å². The lowest BCUT2D eigenvalue weighted by molar-refractivity contribution is -0.136. The Hall–Kier alpha value is -1.88. The van der Waals surface area contributed by atoms with Crippen molar-refractivity contribution >= 4 is 17.6 Å². The van der Waals surface area contributed by atoms with Gasteiger partial charge < -0.3 is 15.7 Å². The number of carbonyl (C=O) groups is 2. The average molecular weight is 278 g/mol. The van der Waals surface area contributed by atoms with Crippen LogP contribution < -0.4 is 10.6 Å². The zero-order valence-electron chi connectivity index (χ0n) is 12.2. The molecule has 0 saturated carbocycles. The van der Waals surface area contributed by atoms with Crippen LogP contribution in [-0.2, 0) is 9.59 Å². The van der Waals surface area contributed by atoms with Gasteiger partial charge in [-0.05, 0) is 31.9 Å². The van der Waals surface area contributed by atoms with Crippen LogP contribution in [0.25, 0.3) is 0 Å². The molecule has 1 aromatic rings. The van der Waals surface area contributed by atoms with E-state index in [0.717, 1.165) is 5.56 Å². The zero-order valence-corrected chi connectivity index (χ0v) is 12.2. The second-order valence-electron chi connectivity index (χ2n) is 5.16. The molecule has 0 aliphatic carbocycles. The molecule has 0 heterocycles. The third-order valence-corrected chi connectivity index (χ3v) is 3.42. The van der Waals surface area contributed by atoms with Crippen LogP contribution in [0.2, 0.25) is 0 Å². The van der Waals surface area contributed by atoms with Crippen LogP contribution in [0.15, 0.2) is 24.3 Å². The van der Waals surface area contributed by atoms with Gasteiger partial charge in [0.05, 0.1) is 12.0 Å². The lowest BCUT2D eigenvalue weighted by atomic mass is 9.97. The summed E-state index contributed by atoms with van der Waals surface area (Å²) in [6.45, 7) is 5.51. The van der Waals surface area contributed by atoms with Crippen molar-refractivity contribution in [1.82, 2.24) is 0 Å².